The van der Waals surface area contributed by atoms with Crippen LogP contribution in [0.5, 0.6) is 5.75 Å². The van der Waals surface area contributed by atoms with Crippen LogP contribution >= 0.6 is 11.8 Å². The predicted octanol–water partition coefficient (Wildman–Crippen LogP) is 3.38. The smallest absolute Gasteiger partial charge is 0.337 e. The average Bonchev–Trinajstić information content (AvgIpc) is 2.95. The number of amides is 3. The molecule has 0 atom stereocenters. The molecule has 3 amide bonds. The van der Waals surface area contributed by atoms with Gasteiger partial charge in [-0.25, -0.2) is 4.79 Å². The number of carbonyl (C=O) groups excluding carboxylic acids is 3. The van der Waals surface area contributed by atoms with E-state index in [-0.39, 0.29) is 16.2 Å². The van der Waals surface area contributed by atoms with E-state index in [0.29, 0.717) is 11.3 Å². The Balaban J connectivity index is 1.72. The van der Waals surface area contributed by atoms with Crippen molar-refractivity contribution in [3.8, 4) is 5.75 Å². The number of hydrogen-bond donors (Lipinski definition) is 2. The van der Waals surface area contributed by atoms with Gasteiger partial charge in [0.25, 0.3) is 11.1 Å². The van der Waals surface area contributed by atoms with Crippen LogP contribution in [0.25, 0.3) is 6.08 Å². The van der Waals surface area contributed by atoms with Crippen molar-refractivity contribution in [1.82, 2.24) is 4.90 Å². The summed E-state index contributed by atoms with van der Waals surface area (Å²) in [6.45, 7) is 1.24. The summed E-state index contributed by atoms with van der Waals surface area (Å²) in [6, 6.07) is 11.4. The zero-order chi connectivity index (χ0) is 21.8. The first kappa shape index (κ1) is 21.1. The minimum atomic E-state index is -1.20. The van der Waals surface area contributed by atoms with Crippen LogP contribution in [0.4, 0.5) is 10.5 Å². The fourth-order valence-corrected chi connectivity index (χ4v) is 3.61. The second-order valence-corrected chi connectivity index (χ2v) is 7.44. The van der Waals surface area contributed by atoms with E-state index in [1.807, 2.05) is 0 Å². The molecule has 154 valence electrons. The van der Waals surface area contributed by atoms with Gasteiger partial charge in [-0.1, -0.05) is 18.2 Å². The lowest BCUT2D eigenvalue weighted by molar-refractivity contribution is -0.127. The van der Waals surface area contributed by atoms with Crippen LogP contribution in [0.2, 0.25) is 0 Å². The standard InChI is InChI=1S/C21H18N2O6S/c1-12-3-8-15(20(26)27)16(9-12)22-18(24)11-23-19(25)17(30-21(23)28)10-13-4-6-14(29-2)7-5-13/h3-10H,11H2,1-2H3,(H,22,24)(H,26,27)/b17-10-. The van der Waals surface area contributed by atoms with Gasteiger partial charge >= 0.3 is 5.97 Å². The largest absolute Gasteiger partial charge is 0.497 e. The van der Waals surface area contributed by atoms with Crippen molar-refractivity contribution >= 4 is 46.5 Å². The predicted molar refractivity (Wildman–Crippen MR) is 112 cm³/mol. The topological polar surface area (TPSA) is 113 Å². The Labute approximate surface area is 176 Å². The number of nitrogens with zero attached hydrogens (tertiary/aromatic N) is 1. The molecule has 0 aliphatic carbocycles. The number of hydrogen-bond acceptors (Lipinski definition) is 6. The van der Waals surface area contributed by atoms with E-state index < -0.39 is 29.6 Å². The molecule has 0 bridgehead atoms. The number of rotatable bonds is 6. The van der Waals surface area contributed by atoms with Crippen molar-refractivity contribution in [2.75, 3.05) is 19.0 Å². The molecule has 0 spiro atoms. The van der Waals surface area contributed by atoms with Crippen LogP contribution in [0.15, 0.2) is 47.4 Å². The van der Waals surface area contributed by atoms with Crippen molar-refractivity contribution in [1.29, 1.82) is 0 Å². The molecule has 2 N–H and O–H groups in total. The van der Waals surface area contributed by atoms with Crippen LogP contribution in [0.1, 0.15) is 21.5 Å². The third-order valence-corrected chi connectivity index (χ3v) is 5.18. The lowest BCUT2D eigenvalue weighted by Gasteiger charge is -2.14. The molecular formula is C21H18N2O6S. The number of nitrogens with one attached hydrogen (secondary N) is 1. The summed E-state index contributed by atoms with van der Waals surface area (Å²) >= 11 is 0.739. The van der Waals surface area contributed by atoms with Crippen molar-refractivity contribution in [3.63, 3.8) is 0 Å². The minimum absolute atomic E-state index is 0.0810. The van der Waals surface area contributed by atoms with Crippen LogP contribution in [0, 0.1) is 6.92 Å². The Morgan fingerprint density at radius 2 is 1.87 bits per heavy atom. The summed E-state index contributed by atoms with van der Waals surface area (Å²) in [5.41, 5.74) is 1.48. The first-order valence-corrected chi connectivity index (χ1v) is 9.63. The molecular weight excluding hydrogens is 408 g/mol. The molecule has 8 nitrogen and oxygen atoms in total. The highest BCUT2D eigenvalue weighted by Crippen LogP contribution is 2.32. The van der Waals surface area contributed by atoms with Crippen molar-refractivity contribution < 1.29 is 29.0 Å². The van der Waals surface area contributed by atoms with Gasteiger partial charge in [-0.2, -0.15) is 0 Å². The number of aromatic carboxylic acids is 1. The van der Waals surface area contributed by atoms with Crippen molar-refractivity contribution in [2.45, 2.75) is 6.92 Å². The van der Waals surface area contributed by atoms with E-state index in [1.54, 1.807) is 50.4 Å². The maximum Gasteiger partial charge on any atom is 0.337 e. The van der Waals surface area contributed by atoms with E-state index in [9.17, 15) is 24.3 Å². The van der Waals surface area contributed by atoms with Crippen LogP contribution in [0.3, 0.4) is 0 Å². The van der Waals surface area contributed by atoms with Crippen molar-refractivity contribution in [3.05, 3.63) is 64.1 Å². The molecule has 0 radical (unpaired) electrons. The molecule has 2 aromatic rings. The molecule has 1 saturated heterocycles. The van der Waals surface area contributed by atoms with E-state index in [0.717, 1.165) is 22.2 Å². The molecule has 0 unspecified atom stereocenters. The van der Waals surface area contributed by atoms with Gasteiger partial charge in [0.2, 0.25) is 5.91 Å². The Bertz CT molecular complexity index is 1060. The van der Waals surface area contributed by atoms with Gasteiger partial charge in [0.1, 0.15) is 12.3 Å². The first-order chi connectivity index (χ1) is 14.3. The summed E-state index contributed by atoms with van der Waals surface area (Å²) in [7, 11) is 1.54. The zero-order valence-corrected chi connectivity index (χ0v) is 17.0. The maximum absolute atomic E-state index is 12.6. The summed E-state index contributed by atoms with van der Waals surface area (Å²) in [6.07, 6.45) is 1.56. The number of carbonyl (C=O) groups is 4. The maximum atomic E-state index is 12.6. The number of thioether (sulfide) groups is 1. The Hall–Kier alpha value is -3.59. The van der Waals surface area contributed by atoms with Crippen molar-refractivity contribution in [2.24, 2.45) is 0 Å². The monoisotopic (exact) mass is 426 g/mol. The third-order valence-electron chi connectivity index (χ3n) is 4.27. The third kappa shape index (κ3) is 4.69. The van der Waals surface area contributed by atoms with Gasteiger partial charge in [0.05, 0.1) is 23.3 Å². The fourth-order valence-electron chi connectivity index (χ4n) is 2.77. The molecule has 1 aliphatic rings. The number of benzene rings is 2. The quantitative estimate of drug-likeness (QED) is 0.681. The van der Waals surface area contributed by atoms with E-state index in [1.165, 1.54) is 12.1 Å². The number of ether oxygens (including phenoxy) is 1. The van der Waals surface area contributed by atoms with Gasteiger partial charge in [0, 0.05) is 0 Å². The van der Waals surface area contributed by atoms with E-state index in [4.69, 9.17) is 4.74 Å². The average molecular weight is 426 g/mol. The SMILES string of the molecule is COc1ccc(/C=C2\SC(=O)N(CC(=O)Nc3cc(C)ccc3C(=O)O)C2=O)cc1. The Kier molecular flexibility index (Phi) is 6.22. The number of carboxylic acid groups (broad SMARTS) is 1. The first-order valence-electron chi connectivity index (χ1n) is 8.81. The van der Waals surface area contributed by atoms with Gasteiger partial charge in [-0.3, -0.25) is 19.3 Å². The molecule has 1 heterocycles. The number of methoxy groups -OCH3 is 1. The minimum Gasteiger partial charge on any atom is -0.497 e. The molecule has 0 aromatic heterocycles. The number of anilines is 1. The molecule has 1 fully saturated rings. The summed E-state index contributed by atoms with van der Waals surface area (Å²) in [4.78, 5) is 49.6. The van der Waals surface area contributed by atoms with Gasteiger partial charge in [0.15, 0.2) is 0 Å². The number of aryl methyl sites for hydroxylation is 1. The lowest BCUT2D eigenvalue weighted by atomic mass is 10.1. The number of carboxylic acids is 1. The summed E-state index contributed by atoms with van der Waals surface area (Å²) in [5, 5.41) is 11.2. The van der Waals surface area contributed by atoms with Gasteiger partial charge in [-0.15, -0.1) is 0 Å². The lowest BCUT2D eigenvalue weighted by Crippen LogP contribution is -2.36. The normalized spacial score (nSPS) is 14.9. The highest BCUT2D eigenvalue weighted by molar-refractivity contribution is 8.18. The highest BCUT2D eigenvalue weighted by atomic mass is 32.2. The van der Waals surface area contributed by atoms with E-state index in [2.05, 4.69) is 5.32 Å². The number of imide groups is 1. The molecule has 0 saturated carbocycles. The van der Waals surface area contributed by atoms with Gasteiger partial charge in [-0.05, 0) is 60.2 Å². The Morgan fingerprint density at radius 1 is 1.17 bits per heavy atom. The van der Waals surface area contributed by atoms with Crippen LogP contribution in [-0.4, -0.2) is 46.7 Å². The second-order valence-electron chi connectivity index (χ2n) is 6.44. The summed E-state index contributed by atoms with van der Waals surface area (Å²) < 4.78 is 5.08. The van der Waals surface area contributed by atoms with Gasteiger partial charge < -0.3 is 15.2 Å². The molecule has 30 heavy (non-hydrogen) atoms. The summed E-state index contributed by atoms with van der Waals surface area (Å²) in [5.74, 6) is -1.79. The van der Waals surface area contributed by atoms with E-state index >= 15 is 0 Å². The molecule has 2 aromatic carbocycles. The molecule has 3 rings (SSSR count). The van der Waals surface area contributed by atoms with Crippen LogP contribution in [-0.2, 0) is 9.59 Å². The Morgan fingerprint density at radius 3 is 2.50 bits per heavy atom. The highest BCUT2D eigenvalue weighted by Gasteiger charge is 2.36. The second kappa shape index (κ2) is 8.83. The zero-order valence-electron chi connectivity index (χ0n) is 16.2. The molecule has 9 heteroatoms. The van der Waals surface area contributed by atoms with Crippen LogP contribution < -0.4 is 10.1 Å². The molecule has 1 aliphatic heterocycles. The fraction of sp³-hybridized carbons (Fsp3) is 0.143.